The zero-order chi connectivity index (χ0) is 14.6. The van der Waals surface area contributed by atoms with Crippen LogP contribution in [0.15, 0.2) is 24.3 Å². The van der Waals surface area contributed by atoms with Gasteiger partial charge >= 0.3 is 0 Å². The van der Waals surface area contributed by atoms with Crippen LogP contribution in [0.1, 0.15) is 17.5 Å². The predicted molar refractivity (Wildman–Crippen MR) is 80.1 cm³/mol. The third kappa shape index (κ3) is 1.75. The van der Waals surface area contributed by atoms with E-state index in [-0.39, 0.29) is 11.5 Å². The molecule has 0 fully saturated rings. The average Bonchev–Trinajstić information content (AvgIpc) is 2.71. The summed E-state index contributed by atoms with van der Waals surface area (Å²) in [6, 6.07) is 4.17. The third-order valence-electron chi connectivity index (χ3n) is 5.09. The zero-order valence-electron chi connectivity index (χ0n) is 12.5. The maximum Gasteiger partial charge on any atom is 0.166 e. The second kappa shape index (κ2) is 4.49. The van der Waals surface area contributed by atoms with Crippen LogP contribution in [0, 0.1) is 0 Å². The number of ether oxygens (including phenoxy) is 2. The molecular formula is C17H21NO3. The van der Waals surface area contributed by atoms with Crippen molar-refractivity contribution in [3.8, 4) is 11.5 Å². The maximum absolute atomic E-state index is 9.98. The topological polar surface area (TPSA) is 41.9 Å². The van der Waals surface area contributed by atoms with Crippen molar-refractivity contribution >= 4 is 0 Å². The Morgan fingerprint density at radius 1 is 1.43 bits per heavy atom. The molecule has 3 aliphatic rings. The number of aliphatic hydroxyl groups is 1. The van der Waals surface area contributed by atoms with Gasteiger partial charge in [0.1, 0.15) is 6.10 Å². The highest BCUT2D eigenvalue weighted by Crippen LogP contribution is 2.54. The summed E-state index contributed by atoms with van der Waals surface area (Å²) in [5.41, 5.74) is 2.47. The van der Waals surface area contributed by atoms with E-state index in [4.69, 9.17) is 9.47 Å². The molecule has 1 aromatic carbocycles. The molecule has 21 heavy (non-hydrogen) atoms. The van der Waals surface area contributed by atoms with Crippen molar-refractivity contribution in [2.45, 2.75) is 30.5 Å². The molecule has 1 aromatic rings. The van der Waals surface area contributed by atoms with E-state index in [2.05, 4.69) is 24.1 Å². The van der Waals surface area contributed by atoms with Crippen molar-refractivity contribution in [3.63, 3.8) is 0 Å². The molecule has 1 N–H and O–H groups in total. The molecule has 1 unspecified atom stereocenters. The van der Waals surface area contributed by atoms with Crippen LogP contribution < -0.4 is 9.47 Å². The minimum atomic E-state index is -0.419. The molecule has 0 aromatic heterocycles. The molecule has 4 rings (SSSR count). The van der Waals surface area contributed by atoms with Crippen molar-refractivity contribution in [2.24, 2.45) is 0 Å². The highest BCUT2D eigenvalue weighted by molar-refractivity contribution is 5.61. The Balaban J connectivity index is 1.96. The summed E-state index contributed by atoms with van der Waals surface area (Å²) in [7, 11) is 3.84. The summed E-state index contributed by atoms with van der Waals surface area (Å²) in [5.74, 6) is 1.68. The van der Waals surface area contributed by atoms with Gasteiger partial charge in [-0.1, -0.05) is 18.2 Å². The van der Waals surface area contributed by atoms with Gasteiger partial charge in [-0.3, -0.25) is 0 Å². The highest BCUT2D eigenvalue weighted by Gasteiger charge is 2.53. The number of methoxy groups -OCH3 is 1. The first-order chi connectivity index (χ1) is 10.1. The van der Waals surface area contributed by atoms with Gasteiger partial charge in [0.15, 0.2) is 11.5 Å². The molecular weight excluding hydrogens is 266 g/mol. The standard InChI is InChI=1S/C17H21NO3/c1-18-8-6-11-3-4-13(20-2)16-15(11)17(10-18)7-5-12(19)9-14(17)21-16/h3-5,7,12,14,19H,6,8-10H2,1-2H3/t12-,14?,17-/m0/s1. The first-order valence-electron chi connectivity index (χ1n) is 7.57. The minimum absolute atomic E-state index is 0.0110. The fourth-order valence-corrected chi connectivity index (χ4v) is 4.11. The number of nitrogens with zero attached hydrogens (tertiary/aromatic N) is 1. The van der Waals surface area contributed by atoms with E-state index in [1.807, 2.05) is 12.1 Å². The molecule has 0 radical (unpaired) electrons. The lowest BCUT2D eigenvalue weighted by Crippen LogP contribution is -2.48. The van der Waals surface area contributed by atoms with Crippen LogP contribution in [0.2, 0.25) is 0 Å². The first kappa shape index (κ1) is 13.2. The Morgan fingerprint density at radius 3 is 3.10 bits per heavy atom. The van der Waals surface area contributed by atoms with Gasteiger partial charge < -0.3 is 19.5 Å². The second-order valence-electron chi connectivity index (χ2n) is 6.43. The van der Waals surface area contributed by atoms with Crippen LogP contribution in [0.5, 0.6) is 11.5 Å². The van der Waals surface area contributed by atoms with E-state index in [9.17, 15) is 5.11 Å². The van der Waals surface area contributed by atoms with Crippen molar-refractivity contribution in [3.05, 3.63) is 35.4 Å². The summed E-state index contributed by atoms with van der Waals surface area (Å²) >= 11 is 0. The SMILES string of the molecule is COc1ccc2c3c1OC1C[C@@H](O)C=C[C@@]31CN(C)CC2. The van der Waals surface area contributed by atoms with Crippen LogP contribution >= 0.6 is 0 Å². The van der Waals surface area contributed by atoms with E-state index < -0.39 is 6.10 Å². The van der Waals surface area contributed by atoms with Crippen LogP contribution in [-0.4, -0.2) is 49.5 Å². The summed E-state index contributed by atoms with van der Waals surface area (Å²) in [4.78, 5) is 2.36. The van der Waals surface area contributed by atoms with Crippen LogP contribution in [0.3, 0.4) is 0 Å². The van der Waals surface area contributed by atoms with Gasteiger partial charge in [-0.15, -0.1) is 0 Å². The average molecular weight is 287 g/mol. The van der Waals surface area contributed by atoms with E-state index in [0.717, 1.165) is 31.0 Å². The molecule has 4 nitrogen and oxygen atoms in total. The van der Waals surface area contributed by atoms with Crippen molar-refractivity contribution < 1.29 is 14.6 Å². The van der Waals surface area contributed by atoms with E-state index in [1.54, 1.807) is 7.11 Å². The Hall–Kier alpha value is -1.52. The lowest BCUT2D eigenvalue weighted by molar-refractivity contribution is 0.0757. The minimum Gasteiger partial charge on any atom is -0.493 e. The second-order valence-corrected chi connectivity index (χ2v) is 6.43. The third-order valence-corrected chi connectivity index (χ3v) is 5.09. The monoisotopic (exact) mass is 287 g/mol. The normalized spacial score (nSPS) is 33.9. The van der Waals surface area contributed by atoms with Crippen molar-refractivity contribution in [2.75, 3.05) is 27.2 Å². The molecule has 4 heteroatoms. The molecule has 0 amide bonds. The Morgan fingerprint density at radius 2 is 2.29 bits per heavy atom. The summed E-state index contributed by atoms with van der Waals surface area (Å²) in [6.45, 7) is 1.97. The maximum atomic E-state index is 9.98. The predicted octanol–water partition coefficient (Wildman–Crippen LogP) is 1.50. The van der Waals surface area contributed by atoms with E-state index >= 15 is 0 Å². The first-order valence-corrected chi connectivity index (χ1v) is 7.57. The lowest BCUT2D eigenvalue weighted by Gasteiger charge is -2.37. The largest absolute Gasteiger partial charge is 0.493 e. The number of aliphatic hydroxyl groups excluding tert-OH is 1. The number of likely N-dealkylation sites (N-methyl/N-ethyl adjacent to an activating group) is 1. The molecule has 0 saturated heterocycles. The number of hydrogen-bond acceptors (Lipinski definition) is 4. The van der Waals surface area contributed by atoms with Crippen LogP contribution in [-0.2, 0) is 11.8 Å². The molecule has 0 saturated carbocycles. The Kier molecular flexibility index (Phi) is 2.81. The van der Waals surface area contributed by atoms with Gasteiger partial charge in [-0.05, 0) is 25.1 Å². The lowest BCUT2D eigenvalue weighted by atomic mass is 9.70. The van der Waals surface area contributed by atoms with Crippen molar-refractivity contribution in [1.82, 2.24) is 4.90 Å². The fraction of sp³-hybridized carbons (Fsp3) is 0.529. The molecule has 1 spiro atoms. The quantitative estimate of drug-likeness (QED) is 0.795. The van der Waals surface area contributed by atoms with E-state index in [0.29, 0.717) is 6.42 Å². The van der Waals surface area contributed by atoms with Gasteiger partial charge in [0.25, 0.3) is 0 Å². The van der Waals surface area contributed by atoms with Crippen LogP contribution in [0.4, 0.5) is 0 Å². The fourth-order valence-electron chi connectivity index (χ4n) is 4.11. The van der Waals surface area contributed by atoms with E-state index in [1.165, 1.54) is 11.1 Å². The van der Waals surface area contributed by atoms with Gasteiger partial charge in [0, 0.05) is 25.1 Å². The highest BCUT2D eigenvalue weighted by atomic mass is 16.5. The summed E-state index contributed by atoms with van der Waals surface area (Å²) in [5, 5.41) is 9.98. The summed E-state index contributed by atoms with van der Waals surface area (Å²) < 4.78 is 11.8. The molecule has 0 bridgehead atoms. The van der Waals surface area contributed by atoms with Crippen LogP contribution in [0.25, 0.3) is 0 Å². The van der Waals surface area contributed by atoms with Gasteiger partial charge in [-0.25, -0.2) is 0 Å². The molecule has 2 heterocycles. The Bertz CT molecular complexity index is 612. The Labute approximate surface area is 125 Å². The molecule has 2 aliphatic heterocycles. The number of rotatable bonds is 1. The number of benzene rings is 1. The molecule has 3 atom stereocenters. The molecule has 112 valence electrons. The van der Waals surface area contributed by atoms with Gasteiger partial charge in [0.2, 0.25) is 0 Å². The number of hydrogen-bond donors (Lipinski definition) is 1. The van der Waals surface area contributed by atoms with Gasteiger partial charge in [-0.2, -0.15) is 0 Å². The molecule has 1 aliphatic carbocycles. The van der Waals surface area contributed by atoms with Crippen molar-refractivity contribution in [1.29, 1.82) is 0 Å². The smallest absolute Gasteiger partial charge is 0.166 e. The zero-order valence-corrected chi connectivity index (χ0v) is 12.5. The summed E-state index contributed by atoms with van der Waals surface area (Å²) in [6.07, 6.45) is 5.33. The van der Waals surface area contributed by atoms with Gasteiger partial charge in [0.05, 0.1) is 18.6 Å².